The van der Waals surface area contributed by atoms with Gasteiger partial charge in [0.2, 0.25) is 10.0 Å². The van der Waals surface area contributed by atoms with Crippen LogP contribution >= 0.6 is 11.3 Å². The van der Waals surface area contributed by atoms with E-state index >= 15 is 0 Å². The van der Waals surface area contributed by atoms with Crippen molar-refractivity contribution in [1.29, 1.82) is 0 Å². The highest BCUT2D eigenvalue weighted by atomic mass is 32.2. The summed E-state index contributed by atoms with van der Waals surface area (Å²) < 4.78 is 26.7. The van der Waals surface area contributed by atoms with Crippen LogP contribution in [-0.4, -0.2) is 50.6 Å². The molecular weight excluding hydrogens is 312 g/mol. The van der Waals surface area contributed by atoms with Crippen LogP contribution in [0, 0.1) is 0 Å². The average molecular weight is 332 g/mol. The molecule has 1 aliphatic rings. The molecule has 1 aromatic rings. The van der Waals surface area contributed by atoms with Gasteiger partial charge in [0.25, 0.3) is 0 Å². The highest BCUT2D eigenvalue weighted by Crippen LogP contribution is 2.23. The van der Waals surface area contributed by atoms with Crippen LogP contribution in [0.4, 0.5) is 0 Å². The molecule has 2 rings (SSSR count). The maximum absolute atomic E-state index is 12.1. The first kappa shape index (κ1) is 16.4. The quantitative estimate of drug-likeness (QED) is 0.792. The van der Waals surface area contributed by atoms with Gasteiger partial charge in [-0.3, -0.25) is 0 Å². The van der Waals surface area contributed by atoms with Gasteiger partial charge in [0.05, 0.1) is 0 Å². The normalized spacial score (nSPS) is 16.7. The molecule has 1 heterocycles. The summed E-state index contributed by atoms with van der Waals surface area (Å²) >= 11 is 0.768. The molecule has 2 N–H and O–H groups in total. The largest absolute Gasteiger partial charge is 0.477 e. The zero-order chi connectivity index (χ0) is 15.5. The van der Waals surface area contributed by atoms with Gasteiger partial charge >= 0.3 is 5.97 Å². The zero-order valence-corrected chi connectivity index (χ0v) is 13.5. The van der Waals surface area contributed by atoms with Crippen molar-refractivity contribution in [2.75, 3.05) is 20.1 Å². The number of carboxylic acids is 1. The maximum Gasteiger partial charge on any atom is 0.345 e. The molecule has 8 heteroatoms. The topological polar surface area (TPSA) is 86.7 Å². The molecule has 1 fully saturated rings. The molecule has 0 atom stereocenters. The fraction of sp³-hybridized carbons (Fsp3) is 0.615. The number of hydrogen-bond acceptors (Lipinski definition) is 5. The standard InChI is InChI=1S/C13H20N2O4S2/c1-15(10-4-2-3-5-10)9-8-14-21(18,19)12-7-6-11(20-12)13(16)17/h6-7,10,14H,2-5,8-9H2,1H3,(H,16,17). The number of nitrogens with zero attached hydrogens (tertiary/aromatic N) is 1. The van der Waals surface area contributed by atoms with Gasteiger partial charge in [0.1, 0.15) is 9.09 Å². The van der Waals surface area contributed by atoms with E-state index in [-0.39, 0.29) is 9.09 Å². The molecule has 118 valence electrons. The summed E-state index contributed by atoms with van der Waals surface area (Å²) in [5.41, 5.74) is 0. The number of sulfonamides is 1. The number of rotatable bonds is 7. The molecule has 0 aromatic carbocycles. The third-order valence-corrected chi connectivity index (χ3v) is 6.79. The van der Waals surface area contributed by atoms with Crippen LogP contribution in [0.1, 0.15) is 35.4 Å². The fourth-order valence-corrected chi connectivity index (χ4v) is 4.75. The van der Waals surface area contributed by atoms with E-state index in [0.29, 0.717) is 19.1 Å². The van der Waals surface area contributed by atoms with Crippen molar-refractivity contribution in [2.24, 2.45) is 0 Å². The van der Waals surface area contributed by atoms with E-state index in [1.165, 1.54) is 37.8 Å². The van der Waals surface area contributed by atoms with Gasteiger partial charge in [0.15, 0.2) is 0 Å². The molecule has 0 saturated heterocycles. The SMILES string of the molecule is CN(CCNS(=O)(=O)c1ccc(C(=O)O)s1)C1CCCC1. The van der Waals surface area contributed by atoms with E-state index in [4.69, 9.17) is 5.11 Å². The van der Waals surface area contributed by atoms with Crippen LogP contribution < -0.4 is 4.72 Å². The minimum atomic E-state index is -3.61. The van der Waals surface area contributed by atoms with Gasteiger partial charge in [-0.05, 0) is 32.0 Å². The summed E-state index contributed by atoms with van der Waals surface area (Å²) in [6.07, 6.45) is 4.84. The smallest absolute Gasteiger partial charge is 0.345 e. The van der Waals surface area contributed by atoms with Crippen LogP contribution in [0.3, 0.4) is 0 Å². The summed E-state index contributed by atoms with van der Waals surface area (Å²) in [5, 5.41) is 8.82. The minimum absolute atomic E-state index is 0.0263. The first-order valence-electron chi connectivity index (χ1n) is 6.93. The first-order chi connectivity index (χ1) is 9.90. The summed E-state index contributed by atoms with van der Waals surface area (Å²) in [6.45, 7) is 0.983. The predicted octanol–water partition coefficient (Wildman–Crippen LogP) is 1.60. The third kappa shape index (κ3) is 4.26. The molecule has 1 aromatic heterocycles. The van der Waals surface area contributed by atoms with E-state index in [1.54, 1.807) is 0 Å². The third-order valence-electron chi connectivity index (χ3n) is 3.76. The fourth-order valence-electron chi connectivity index (χ4n) is 2.53. The van der Waals surface area contributed by atoms with Crippen LogP contribution in [-0.2, 0) is 10.0 Å². The Kier molecular flexibility index (Phi) is 5.37. The molecule has 1 saturated carbocycles. The van der Waals surface area contributed by atoms with E-state index in [2.05, 4.69) is 9.62 Å². The van der Waals surface area contributed by atoms with Crippen molar-refractivity contribution >= 4 is 27.3 Å². The molecule has 0 aliphatic heterocycles. The molecule has 0 amide bonds. The number of likely N-dealkylation sites (N-methyl/N-ethyl adjacent to an activating group) is 1. The molecule has 21 heavy (non-hydrogen) atoms. The van der Waals surface area contributed by atoms with Crippen molar-refractivity contribution in [2.45, 2.75) is 35.9 Å². The molecule has 0 radical (unpaired) electrons. The van der Waals surface area contributed by atoms with Crippen molar-refractivity contribution in [3.63, 3.8) is 0 Å². The van der Waals surface area contributed by atoms with Gasteiger partial charge in [0, 0.05) is 19.1 Å². The Labute approximate surface area is 128 Å². The van der Waals surface area contributed by atoms with E-state index in [0.717, 1.165) is 11.3 Å². The Morgan fingerprint density at radius 1 is 1.43 bits per heavy atom. The van der Waals surface area contributed by atoms with Gasteiger partial charge < -0.3 is 10.0 Å². The van der Waals surface area contributed by atoms with Gasteiger partial charge in [-0.25, -0.2) is 17.9 Å². The lowest BCUT2D eigenvalue weighted by Crippen LogP contribution is -2.37. The monoisotopic (exact) mass is 332 g/mol. The minimum Gasteiger partial charge on any atom is -0.477 e. The van der Waals surface area contributed by atoms with Crippen LogP contribution in [0.2, 0.25) is 0 Å². The highest BCUT2D eigenvalue weighted by molar-refractivity contribution is 7.91. The summed E-state index contributed by atoms with van der Waals surface area (Å²) in [7, 11) is -1.60. The van der Waals surface area contributed by atoms with Gasteiger partial charge in [-0.15, -0.1) is 11.3 Å². The lowest BCUT2D eigenvalue weighted by Gasteiger charge is -2.23. The van der Waals surface area contributed by atoms with Crippen LogP contribution in [0.25, 0.3) is 0 Å². The molecule has 6 nitrogen and oxygen atoms in total. The average Bonchev–Trinajstić information content (AvgIpc) is 3.10. The summed E-state index contributed by atoms with van der Waals surface area (Å²) in [6, 6.07) is 3.19. The molecule has 1 aliphatic carbocycles. The van der Waals surface area contributed by atoms with Gasteiger partial charge in [-0.1, -0.05) is 12.8 Å². The molecule has 0 unspecified atom stereocenters. The van der Waals surface area contributed by atoms with E-state index in [9.17, 15) is 13.2 Å². The molecular formula is C13H20N2O4S2. The highest BCUT2D eigenvalue weighted by Gasteiger charge is 2.21. The predicted molar refractivity (Wildman–Crippen MR) is 81.4 cm³/mol. The number of carboxylic acid groups (broad SMARTS) is 1. The maximum atomic E-state index is 12.1. The van der Waals surface area contributed by atoms with E-state index < -0.39 is 16.0 Å². The summed E-state index contributed by atoms with van der Waals surface area (Å²) in [5.74, 6) is -1.11. The zero-order valence-electron chi connectivity index (χ0n) is 11.9. The number of aromatic carboxylic acids is 1. The second-order valence-corrected chi connectivity index (χ2v) is 8.32. The van der Waals surface area contributed by atoms with Crippen LogP contribution in [0.5, 0.6) is 0 Å². The lowest BCUT2D eigenvalue weighted by atomic mass is 10.2. The number of thiophene rings is 1. The van der Waals surface area contributed by atoms with Crippen LogP contribution in [0.15, 0.2) is 16.3 Å². The Morgan fingerprint density at radius 2 is 2.10 bits per heavy atom. The second kappa shape index (κ2) is 6.87. The Morgan fingerprint density at radius 3 is 2.67 bits per heavy atom. The number of carbonyl (C=O) groups is 1. The van der Waals surface area contributed by atoms with E-state index in [1.807, 2.05) is 7.05 Å². The number of hydrogen-bond donors (Lipinski definition) is 2. The Balaban J connectivity index is 1.87. The van der Waals surface area contributed by atoms with Crippen molar-refractivity contribution in [3.8, 4) is 0 Å². The second-order valence-electron chi connectivity index (χ2n) is 5.24. The van der Waals surface area contributed by atoms with Crippen molar-refractivity contribution in [1.82, 2.24) is 9.62 Å². The van der Waals surface area contributed by atoms with Crippen molar-refractivity contribution in [3.05, 3.63) is 17.0 Å². The first-order valence-corrected chi connectivity index (χ1v) is 9.23. The Hall–Kier alpha value is -0.960. The molecule has 0 bridgehead atoms. The number of nitrogens with one attached hydrogen (secondary N) is 1. The Bertz CT molecular complexity index is 591. The van der Waals surface area contributed by atoms with Crippen molar-refractivity contribution < 1.29 is 18.3 Å². The molecule has 0 spiro atoms. The summed E-state index contributed by atoms with van der Waals surface area (Å²) in [4.78, 5) is 13.0. The lowest BCUT2D eigenvalue weighted by molar-refractivity contribution is 0.0702. The van der Waals surface area contributed by atoms with Gasteiger partial charge in [-0.2, -0.15) is 0 Å².